The number of rotatable bonds is 6. The largest absolute Gasteiger partial charge is 0.328 e. The van der Waals surface area contributed by atoms with Gasteiger partial charge in [0.1, 0.15) is 0 Å². The molecule has 90 valence electrons. The van der Waals surface area contributed by atoms with E-state index in [0.717, 1.165) is 5.92 Å². The summed E-state index contributed by atoms with van der Waals surface area (Å²) in [6.07, 6.45) is 9.24. The molecule has 0 radical (unpaired) electrons. The van der Waals surface area contributed by atoms with E-state index in [-0.39, 0.29) is 0 Å². The molecule has 1 aliphatic rings. The van der Waals surface area contributed by atoms with Crippen LogP contribution in [-0.4, -0.2) is 31.1 Å². The van der Waals surface area contributed by atoms with Gasteiger partial charge in [0.15, 0.2) is 0 Å². The van der Waals surface area contributed by atoms with Crippen LogP contribution in [0.4, 0.5) is 0 Å². The number of nitrogens with zero attached hydrogens (tertiary/aromatic N) is 1. The van der Waals surface area contributed by atoms with Crippen LogP contribution in [0.2, 0.25) is 0 Å². The fourth-order valence-corrected chi connectivity index (χ4v) is 2.53. The van der Waals surface area contributed by atoms with Crippen molar-refractivity contribution in [2.24, 2.45) is 11.7 Å². The van der Waals surface area contributed by atoms with Crippen molar-refractivity contribution in [3.8, 4) is 0 Å². The monoisotopic (exact) mass is 212 g/mol. The SMILES string of the molecule is CCCCCN(C)CC1CCC(N)CC1. The maximum absolute atomic E-state index is 5.91. The van der Waals surface area contributed by atoms with Crippen molar-refractivity contribution in [1.82, 2.24) is 4.90 Å². The van der Waals surface area contributed by atoms with Gasteiger partial charge in [0, 0.05) is 12.6 Å². The van der Waals surface area contributed by atoms with Crippen molar-refractivity contribution in [1.29, 1.82) is 0 Å². The van der Waals surface area contributed by atoms with E-state index >= 15 is 0 Å². The second-order valence-electron chi connectivity index (χ2n) is 5.25. The topological polar surface area (TPSA) is 29.3 Å². The summed E-state index contributed by atoms with van der Waals surface area (Å²) in [6.45, 7) is 4.83. The van der Waals surface area contributed by atoms with E-state index in [2.05, 4.69) is 18.9 Å². The van der Waals surface area contributed by atoms with Crippen molar-refractivity contribution in [3.05, 3.63) is 0 Å². The maximum Gasteiger partial charge on any atom is 0.00390 e. The Kier molecular flexibility index (Phi) is 6.26. The average molecular weight is 212 g/mol. The van der Waals surface area contributed by atoms with Gasteiger partial charge in [-0.1, -0.05) is 19.8 Å². The Labute approximate surface area is 95.2 Å². The lowest BCUT2D eigenvalue weighted by Gasteiger charge is -2.29. The molecule has 0 bridgehead atoms. The van der Waals surface area contributed by atoms with Gasteiger partial charge in [-0.3, -0.25) is 0 Å². The van der Waals surface area contributed by atoms with E-state index in [1.807, 2.05) is 0 Å². The normalized spacial score (nSPS) is 27.2. The minimum atomic E-state index is 0.492. The van der Waals surface area contributed by atoms with E-state index in [1.54, 1.807) is 0 Å². The van der Waals surface area contributed by atoms with Crippen LogP contribution in [0.25, 0.3) is 0 Å². The van der Waals surface area contributed by atoms with Gasteiger partial charge in [-0.15, -0.1) is 0 Å². The molecule has 0 aromatic heterocycles. The molecule has 2 heteroatoms. The van der Waals surface area contributed by atoms with Gasteiger partial charge in [0.05, 0.1) is 0 Å². The fourth-order valence-electron chi connectivity index (χ4n) is 2.53. The molecule has 15 heavy (non-hydrogen) atoms. The molecule has 0 aliphatic heterocycles. The summed E-state index contributed by atoms with van der Waals surface area (Å²) < 4.78 is 0. The predicted molar refractivity (Wildman–Crippen MR) is 67.0 cm³/mol. The lowest BCUT2D eigenvalue weighted by molar-refractivity contribution is 0.221. The van der Waals surface area contributed by atoms with E-state index < -0.39 is 0 Å². The third-order valence-electron chi connectivity index (χ3n) is 3.60. The molecule has 1 fully saturated rings. The minimum absolute atomic E-state index is 0.492. The van der Waals surface area contributed by atoms with Crippen LogP contribution in [0.1, 0.15) is 51.9 Å². The first-order chi connectivity index (χ1) is 7.22. The molecule has 1 aliphatic carbocycles. The van der Waals surface area contributed by atoms with Crippen LogP contribution in [0, 0.1) is 5.92 Å². The highest BCUT2D eigenvalue weighted by molar-refractivity contribution is 4.75. The summed E-state index contributed by atoms with van der Waals surface area (Å²) in [6, 6.07) is 0.492. The zero-order valence-electron chi connectivity index (χ0n) is 10.5. The van der Waals surface area contributed by atoms with Crippen molar-refractivity contribution >= 4 is 0 Å². The Hall–Kier alpha value is -0.0800. The molecule has 0 atom stereocenters. The fraction of sp³-hybridized carbons (Fsp3) is 1.00. The Morgan fingerprint density at radius 3 is 2.40 bits per heavy atom. The smallest absolute Gasteiger partial charge is 0.00390 e. The molecular weight excluding hydrogens is 184 g/mol. The van der Waals surface area contributed by atoms with Crippen LogP contribution in [0.15, 0.2) is 0 Å². The Balaban J connectivity index is 2.06. The summed E-state index contributed by atoms with van der Waals surface area (Å²) in [7, 11) is 2.27. The number of unbranched alkanes of at least 4 members (excludes halogenated alkanes) is 2. The molecule has 0 saturated heterocycles. The molecule has 0 unspecified atom stereocenters. The first kappa shape index (κ1) is 13.0. The Morgan fingerprint density at radius 2 is 1.80 bits per heavy atom. The highest BCUT2D eigenvalue weighted by Crippen LogP contribution is 2.23. The molecule has 0 amide bonds. The quantitative estimate of drug-likeness (QED) is 0.686. The van der Waals surface area contributed by atoms with Crippen molar-refractivity contribution in [2.75, 3.05) is 20.1 Å². The summed E-state index contributed by atoms with van der Waals surface area (Å²) >= 11 is 0. The molecule has 1 saturated carbocycles. The predicted octanol–water partition coefficient (Wildman–Crippen LogP) is 2.63. The van der Waals surface area contributed by atoms with Gasteiger partial charge in [-0.25, -0.2) is 0 Å². The van der Waals surface area contributed by atoms with Gasteiger partial charge >= 0.3 is 0 Å². The number of nitrogens with two attached hydrogens (primary N) is 1. The first-order valence-electron chi connectivity index (χ1n) is 6.66. The zero-order valence-corrected chi connectivity index (χ0v) is 10.5. The standard InChI is InChI=1S/C13H28N2/c1-3-4-5-10-15(2)11-12-6-8-13(14)9-7-12/h12-13H,3-11,14H2,1-2H3. The van der Waals surface area contributed by atoms with E-state index in [0.29, 0.717) is 6.04 Å². The zero-order chi connectivity index (χ0) is 11.1. The molecule has 0 aromatic rings. The van der Waals surface area contributed by atoms with E-state index in [4.69, 9.17) is 5.73 Å². The molecule has 0 aromatic carbocycles. The Morgan fingerprint density at radius 1 is 1.13 bits per heavy atom. The molecular formula is C13H28N2. The molecule has 0 heterocycles. The van der Waals surface area contributed by atoms with Gasteiger partial charge < -0.3 is 10.6 Å². The minimum Gasteiger partial charge on any atom is -0.328 e. The maximum atomic E-state index is 5.91. The van der Waals surface area contributed by atoms with Gasteiger partial charge in [-0.2, -0.15) is 0 Å². The molecule has 2 nitrogen and oxygen atoms in total. The van der Waals surface area contributed by atoms with Crippen molar-refractivity contribution in [3.63, 3.8) is 0 Å². The van der Waals surface area contributed by atoms with E-state index in [9.17, 15) is 0 Å². The summed E-state index contributed by atoms with van der Waals surface area (Å²) in [4.78, 5) is 2.51. The number of hydrogen-bond donors (Lipinski definition) is 1. The summed E-state index contributed by atoms with van der Waals surface area (Å²) in [5, 5.41) is 0. The van der Waals surface area contributed by atoms with Crippen LogP contribution >= 0.6 is 0 Å². The van der Waals surface area contributed by atoms with Crippen LogP contribution in [0.5, 0.6) is 0 Å². The van der Waals surface area contributed by atoms with Crippen LogP contribution < -0.4 is 5.73 Å². The van der Waals surface area contributed by atoms with Crippen molar-refractivity contribution < 1.29 is 0 Å². The van der Waals surface area contributed by atoms with Crippen molar-refractivity contribution in [2.45, 2.75) is 57.9 Å². The van der Waals surface area contributed by atoms with Gasteiger partial charge in [0.25, 0.3) is 0 Å². The Bertz CT molecular complexity index is 151. The number of hydrogen-bond acceptors (Lipinski definition) is 2. The highest BCUT2D eigenvalue weighted by Gasteiger charge is 2.19. The first-order valence-corrected chi connectivity index (χ1v) is 6.66. The second kappa shape index (κ2) is 7.24. The third-order valence-corrected chi connectivity index (χ3v) is 3.60. The highest BCUT2D eigenvalue weighted by atomic mass is 15.1. The molecule has 1 rings (SSSR count). The van der Waals surface area contributed by atoms with Crippen LogP contribution in [-0.2, 0) is 0 Å². The lowest BCUT2D eigenvalue weighted by Crippen LogP contribution is -2.33. The van der Waals surface area contributed by atoms with E-state index in [1.165, 1.54) is 58.0 Å². The lowest BCUT2D eigenvalue weighted by atomic mass is 9.86. The average Bonchev–Trinajstić information content (AvgIpc) is 2.22. The second-order valence-corrected chi connectivity index (χ2v) is 5.25. The summed E-state index contributed by atoms with van der Waals surface area (Å²) in [5.74, 6) is 0.913. The van der Waals surface area contributed by atoms with Crippen LogP contribution in [0.3, 0.4) is 0 Å². The third kappa shape index (κ3) is 5.53. The molecule has 0 spiro atoms. The van der Waals surface area contributed by atoms with Gasteiger partial charge in [0.2, 0.25) is 0 Å². The summed E-state index contributed by atoms with van der Waals surface area (Å²) in [5.41, 5.74) is 5.91. The molecule has 2 N–H and O–H groups in total. The van der Waals surface area contributed by atoms with Gasteiger partial charge in [-0.05, 0) is 51.6 Å².